The topological polar surface area (TPSA) is 54.0 Å². The normalized spacial score (nSPS) is 10.3. The van der Waals surface area contributed by atoms with E-state index >= 15 is 0 Å². The number of amides is 1. The molecular formula is C16H19N3O. The minimum absolute atomic E-state index is 0.0856. The molecule has 4 nitrogen and oxygen atoms in total. The average molecular weight is 269 g/mol. The van der Waals surface area contributed by atoms with E-state index in [1.165, 1.54) is 0 Å². The van der Waals surface area contributed by atoms with Gasteiger partial charge in [0.2, 0.25) is 0 Å². The van der Waals surface area contributed by atoms with Crippen LogP contribution in [0.5, 0.6) is 0 Å². The van der Waals surface area contributed by atoms with Crippen LogP contribution in [0.1, 0.15) is 29.8 Å². The van der Waals surface area contributed by atoms with Crippen molar-refractivity contribution in [3.8, 4) is 0 Å². The fraction of sp³-hybridized carbons (Fsp3) is 0.250. The van der Waals surface area contributed by atoms with Gasteiger partial charge in [0.15, 0.2) is 0 Å². The fourth-order valence-corrected chi connectivity index (χ4v) is 1.90. The third-order valence-corrected chi connectivity index (χ3v) is 2.79. The van der Waals surface area contributed by atoms with Gasteiger partial charge < -0.3 is 10.6 Å². The highest BCUT2D eigenvalue weighted by Crippen LogP contribution is 2.16. The second-order valence-corrected chi connectivity index (χ2v) is 4.89. The Bertz CT molecular complexity index is 567. The first-order valence-electron chi connectivity index (χ1n) is 6.69. The number of hydrogen-bond acceptors (Lipinski definition) is 3. The molecule has 0 saturated heterocycles. The number of hydrogen-bond donors (Lipinski definition) is 2. The summed E-state index contributed by atoms with van der Waals surface area (Å²) >= 11 is 0. The summed E-state index contributed by atoms with van der Waals surface area (Å²) in [5.41, 5.74) is 2.49. The van der Waals surface area contributed by atoms with Crippen molar-refractivity contribution in [1.82, 2.24) is 10.3 Å². The molecule has 2 aromatic rings. The summed E-state index contributed by atoms with van der Waals surface area (Å²) in [5.74, 6) is -0.0856. The molecule has 0 aliphatic heterocycles. The average Bonchev–Trinajstić information content (AvgIpc) is 2.46. The minimum atomic E-state index is -0.0856. The van der Waals surface area contributed by atoms with Gasteiger partial charge in [0.1, 0.15) is 0 Å². The molecule has 4 heteroatoms. The molecule has 0 saturated carbocycles. The summed E-state index contributed by atoms with van der Waals surface area (Å²) < 4.78 is 0. The highest BCUT2D eigenvalue weighted by molar-refractivity contribution is 5.99. The van der Waals surface area contributed by atoms with Crippen molar-refractivity contribution in [1.29, 1.82) is 0 Å². The molecule has 0 atom stereocenters. The van der Waals surface area contributed by atoms with Crippen molar-refractivity contribution in [3.05, 3.63) is 59.9 Å². The standard InChI is InChI=1S/C16H19N3O/c1-12(2)19-15-8-4-3-7-14(15)16(20)18-11-13-6-5-9-17-10-13/h3-10,12,19H,11H2,1-2H3,(H,18,20). The van der Waals surface area contributed by atoms with Crippen LogP contribution in [-0.4, -0.2) is 16.9 Å². The van der Waals surface area contributed by atoms with Gasteiger partial charge in [0, 0.05) is 30.7 Å². The van der Waals surface area contributed by atoms with Crippen LogP contribution in [0, 0.1) is 0 Å². The molecule has 20 heavy (non-hydrogen) atoms. The van der Waals surface area contributed by atoms with Gasteiger partial charge in [0.25, 0.3) is 5.91 Å². The lowest BCUT2D eigenvalue weighted by Gasteiger charge is -2.14. The predicted octanol–water partition coefficient (Wildman–Crippen LogP) is 2.83. The molecule has 0 spiro atoms. The van der Waals surface area contributed by atoms with E-state index in [0.717, 1.165) is 11.3 Å². The molecule has 104 valence electrons. The lowest BCUT2D eigenvalue weighted by atomic mass is 10.1. The number of aromatic nitrogens is 1. The minimum Gasteiger partial charge on any atom is -0.382 e. The van der Waals surface area contributed by atoms with Crippen LogP contribution in [-0.2, 0) is 6.54 Å². The van der Waals surface area contributed by atoms with Crippen molar-refractivity contribution < 1.29 is 4.79 Å². The summed E-state index contributed by atoms with van der Waals surface area (Å²) in [7, 11) is 0. The number of anilines is 1. The predicted molar refractivity (Wildman–Crippen MR) is 80.6 cm³/mol. The first kappa shape index (κ1) is 14.1. The SMILES string of the molecule is CC(C)Nc1ccccc1C(=O)NCc1cccnc1. The molecule has 0 bridgehead atoms. The molecule has 1 heterocycles. The number of carbonyl (C=O) groups excluding carboxylic acids is 1. The van der Waals surface area contributed by atoms with Crippen LogP contribution in [0.2, 0.25) is 0 Å². The zero-order chi connectivity index (χ0) is 14.4. The van der Waals surface area contributed by atoms with Gasteiger partial charge in [-0.15, -0.1) is 0 Å². The maximum atomic E-state index is 12.2. The van der Waals surface area contributed by atoms with Gasteiger partial charge in [-0.05, 0) is 37.6 Å². The fourth-order valence-electron chi connectivity index (χ4n) is 1.90. The molecule has 0 aliphatic rings. The molecule has 0 unspecified atom stereocenters. The van der Waals surface area contributed by atoms with Crippen LogP contribution in [0.25, 0.3) is 0 Å². The maximum Gasteiger partial charge on any atom is 0.253 e. The Hall–Kier alpha value is -2.36. The van der Waals surface area contributed by atoms with Crippen molar-refractivity contribution in [2.45, 2.75) is 26.4 Å². The highest BCUT2D eigenvalue weighted by Gasteiger charge is 2.11. The number of carbonyl (C=O) groups is 1. The molecular weight excluding hydrogens is 250 g/mol. The largest absolute Gasteiger partial charge is 0.382 e. The summed E-state index contributed by atoms with van der Waals surface area (Å²) in [5, 5.41) is 6.19. The van der Waals surface area contributed by atoms with Crippen LogP contribution in [0.3, 0.4) is 0 Å². The van der Waals surface area contributed by atoms with Crippen LogP contribution in [0.4, 0.5) is 5.69 Å². The molecule has 1 amide bonds. The smallest absolute Gasteiger partial charge is 0.253 e. The van der Waals surface area contributed by atoms with Crippen LogP contribution < -0.4 is 10.6 Å². The second kappa shape index (κ2) is 6.70. The zero-order valence-corrected chi connectivity index (χ0v) is 11.8. The molecule has 0 fully saturated rings. The number of benzene rings is 1. The quantitative estimate of drug-likeness (QED) is 0.877. The molecule has 2 N–H and O–H groups in total. The Balaban J connectivity index is 2.05. The summed E-state index contributed by atoms with van der Waals surface area (Å²) in [6.07, 6.45) is 3.46. The molecule has 1 aromatic carbocycles. The Morgan fingerprint density at radius 3 is 2.70 bits per heavy atom. The Morgan fingerprint density at radius 2 is 2.00 bits per heavy atom. The molecule has 0 radical (unpaired) electrons. The summed E-state index contributed by atoms with van der Waals surface area (Å²) in [4.78, 5) is 16.3. The number of pyridine rings is 1. The first-order valence-corrected chi connectivity index (χ1v) is 6.69. The van der Waals surface area contributed by atoms with E-state index in [2.05, 4.69) is 15.6 Å². The van der Waals surface area contributed by atoms with E-state index in [0.29, 0.717) is 12.1 Å². The Kier molecular flexibility index (Phi) is 4.71. The number of para-hydroxylation sites is 1. The maximum absolute atomic E-state index is 12.2. The van der Waals surface area contributed by atoms with E-state index in [4.69, 9.17) is 0 Å². The van der Waals surface area contributed by atoms with Gasteiger partial charge in [-0.1, -0.05) is 18.2 Å². The van der Waals surface area contributed by atoms with Crippen molar-refractivity contribution in [3.63, 3.8) is 0 Å². The van der Waals surface area contributed by atoms with Crippen molar-refractivity contribution in [2.24, 2.45) is 0 Å². The van der Waals surface area contributed by atoms with Gasteiger partial charge >= 0.3 is 0 Å². The van der Waals surface area contributed by atoms with E-state index in [1.54, 1.807) is 12.4 Å². The Labute approximate surface area is 119 Å². The van der Waals surface area contributed by atoms with E-state index in [-0.39, 0.29) is 11.9 Å². The highest BCUT2D eigenvalue weighted by atomic mass is 16.1. The van der Waals surface area contributed by atoms with Gasteiger partial charge in [-0.2, -0.15) is 0 Å². The van der Waals surface area contributed by atoms with Crippen molar-refractivity contribution >= 4 is 11.6 Å². The monoisotopic (exact) mass is 269 g/mol. The van der Waals surface area contributed by atoms with E-state index in [9.17, 15) is 4.79 Å². The van der Waals surface area contributed by atoms with E-state index < -0.39 is 0 Å². The summed E-state index contributed by atoms with van der Waals surface area (Å²) in [6.45, 7) is 4.57. The first-order chi connectivity index (χ1) is 9.66. The lowest BCUT2D eigenvalue weighted by molar-refractivity contribution is 0.0951. The number of nitrogens with zero attached hydrogens (tertiary/aromatic N) is 1. The zero-order valence-electron chi connectivity index (χ0n) is 11.8. The number of rotatable bonds is 5. The molecule has 0 aliphatic carbocycles. The summed E-state index contributed by atoms with van der Waals surface area (Å²) in [6, 6.07) is 11.6. The van der Waals surface area contributed by atoms with Crippen LogP contribution in [0.15, 0.2) is 48.8 Å². The Morgan fingerprint density at radius 1 is 1.20 bits per heavy atom. The van der Waals surface area contributed by atoms with Gasteiger partial charge in [-0.3, -0.25) is 9.78 Å². The second-order valence-electron chi connectivity index (χ2n) is 4.89. The van der Waals surface area contributed by atoms with Gasteiger partial charge in [0.05, 0.1) is 5.56 Å². The number of nitrogens with one attached hydrogen (secondary N) is 2. The van der Waals surface area contributed by atoms with Crippen LogP contribution >= 0.6 is 0 Å². The molecule has 2 rings (SSSR count). The van der Waals surface area contributed by atoms with Gasteiger partial charge in [-0.25, -0.2) is 0 Å². The van der Waals surface area contributed by atoms with Crippen molar-refractivity contribution in [2.75, 3.05) is 5.32 Å². The third-order valence-electron chi connectivity index (χ3n) is 2.79. The van der Waals surface area contributed by atoms with E-state index in [1.807, 2.05) is 50.2 Å². The lowest BCUT2D eigenvalue weighted by Crippen LogP contribution is -2.24. The third kappa shape index (κ3) is 3.82. The molecule has 1 aromatic heterocycles.